The Hall–Kier alpha value is -2.22. The molecular formula is C15H8ClN. The normalized spacial score (nSPS) is 8.94. The summed E-state index contributed by atoms with van der Waals surface area (Å²) in [7, 11) is 0. The summed E-state index contributed by atoms with van der Waals surface area (Å²) >= 11 is 5.86. The van der Waals surface area contributed by atoms with Crippen LogP contribution in [-0.2, 0) is 0 Å². The monoisotopic (exact) mass is 237 g/mol. The van der Waals surface area contributed by atoms with E-state index in [0.29, 0.717) is 10.6 Å². The summed E-state index contributed by atoms with van der Waals surface area (Å²) in [6.07, 6.45) is 0. The van der Waals surface area contributed by atoms with Gasteiger partial charge in [0.2, 0.25) is 0 Å². The molecule has 1 nitrogen and oxygen atoms in total. The molecule has 2 heteroatoms. The lowest BCUT2D eigenvalue weighted by Crippen LogP contribution is -1.77. The number of benzene rings is 2. The van der Waals surface area contributed by atoms with E-state index in [9.17, 15) is 0 Å². The zero-order valence-corrected chi connectivity index (χ0v) is 9.70. The van der Waals surface area contributed by atoms with Gasteiger partial charge in [0.15, 0.2) is 0 Å². The Labute approximate surface area is 105 Å². The van der Waals surface area contributed by atoms with Crippen LogP contribution in [0.25, 0.3) is 0 Å². The highest BCUT2D eigenvalue weighted by Gasteiger charge is 1.91. The van der Waals surface area contributed by atoms with Crippen LogP contribution in [0.3, 0.4) is 0 Å². The third kappa shape index (κ3) is 3.11. The van der Waals surface area contributed by atoms with E-state index in [1.807, 2.05) is 36.4 Å². The van der Waals surface area contributed by atoms with Crippen LogP contribution in [0.2, 0.25) is 5.02 Å². The first-order valence-corrected chi connectivity index (χ1v) is 5.43. The molecule has 17 heavy (non-hydrogen) atoms. The number of hydrogen-bond donors (Lipinski definition) is 0. The molecule has 0 saturated carbocycles. The first-order valence-electron chi connectivity index (χ1n) is 5.06. The van der Waals surface area contributed by atoms with E-state index >= 15 is 0 Å². The molecule has 0 radical (unpaired) electrons. The molecule has 0 heterocycles. The molecule has 0 bridgehead atoms. The second kappa shape index (κ2) is 5.21. The van der Waals surface area contributed by atoms with Gasteiger partial charge in [-0.2, -0.15) is 5.26 Å². The minimum atomic E-state index is 0.637. The van der Waals surface area contributed by atoms with Crippen molar-refractivity contribution in [3.63, 3.8) is 0 Å². The summed E-state index contributed by atoms with van der Waals surface area (Å²) in [5.41, 5.74) is 2.39. The van der Waals surface area contributed by atoms with Crippen molar-refractivity contribution in [2.45, 2.75) is 0 Å². The maximum absolute atomic E-state index is 8.67. The average Bonchev–Trinajstić information content (AvgIpc) is 2.37. The molecule has 2 rings (SSSR count). The van der Waals surface area contributed by atoms with Crippen molar-refractivity contribution in [2.24, 2.45) is 0 Å². The lowest BCUT2D eigenvalue weighted by atomic mass is 10.1. The summed E-state index contributed by atoms with van der Waals surface area (Å²) < 4.78 is 0. The second-order valence-corrected chi connectivity index (χ2v) is 3.89. The molecule has 0 saturated heterocycles. The van der Waals surface area contributed by atoms with E-state index in [1.54, 1.807) is 12.1 Å². The van der Waals surface area contributed by atoms with Crippen LogP contribution in [0, 0.1) is 23.2 Å². The molecular weight excluding hydrogens is 230 g/mol. The molecule has 2 aromatic rings. The van der Waals surface area contributed by atoms with Gasteiger partial charge in [-0.25, -0.2) is 0 Å². The molecule has 0 fully saturated rings. The van der Waals surface area contributed by atoms with Gasteiger partial charge in [0.25, 0.3) is 0 Å². The Bertz CT molecular complexity index is 624. The topological polar surface area (TPSA) is 23.8 Å². The molecule has 2 aromatic carbocycles. The summed E-state index contributed by atoms with van der Waals surface area (Å²) in [6, 6.07) is 16.6. The molecule has 0 aromatic heterocycles. The first-order chi connectivity index (χ1) is 8.28. The maximum Gasteiger partial charge on any atom is 0.0991 e. The highest BCUT2D eigenvalue weighted by Crippen LogP contribution is 2.09. The lowest BCUT2D eigenvalue weighted by Gasteiger charge is -1.92. The van der Waals surface area contributed by atoms with Crippen molar-refractivity contribution in [1.29, 1.82) is 5.26 Å². The van der Waals surface area contributed by atoms with E-state index in [1.165, 1.54) is 0 Å². The van der Waals surface area contributed by atoms with Crippen molar-refractivity contribution in [1.82, 2.24) is 0 Å². The largest absolute Gasteiger partial charge is 0.192 e. The Balaban J connectivity index is 2.24. The van der Waals surface area contributed by atoms with E-state index in [4.69, 9.17) is 16.9 Å². The molecule has 0 amide bonds. The van der Waals surface area contributed by atoms with E-state index < -0.39 is 0 Å². The molecule has 0 atom stereocenters. The fraction of sp³-hybridized carbons (Fsp3) is 0. The Kier molecular flexibility index (Phi) is 3.46. The molecule has 0 spiro atoms. The highest BCUT2D eigenvalue weighted by atomic mass is 35.5. The Morgan fingerprint density at radius 1 is 0.824 bits per heavy atom. The van der Waals surface area contributed by atoms with Gasteiger partial charge < -0.3 is 0 Å². The van der Waals surface area contributed by atoms with Gasteiger partial charge in [0.05, 0.1) is 11.6 Å². The number of nitriles is 1. The number of hydrogen-bond acceptors (Lipinski definition) is 1. The van der Waals surface area contributed by atoms with Crippen molar-refractivity contribution in [3.8, 4) is 17.9 Å². The van der Waals surface area contributed by atoms with Crippen LogP contribution >= 0.6 is 11.6 Å². The lowest BCUT2D eigenvalue weighted by molar-refractivity contribution is 1.48. The van der Waals surface area contributed by atoms with Gasteiger partial charge in [0, 0.05) is 16.1 Å². The van der Waals surface area contributed by atoms with Crippen LogP contribution in [0.5, 0.6) is 0 Å². The number of nitrogens with zero attached hydrogens (tertiary/aromatic N) is 1. The Morgan fingerprint density at radius 2 is 1.47 bits per heavy atom. The summed E-state index contributed by atoms with van der Waals surface area (Å²) in [5, 5.41) is 9.34. The summed E-state index contributed by atoms with van der Waals surface area (Å²) in [4.78, 5) is 0. The first kappa shape index (κ1) is 11.3. The van der Waals surface area contributed by atoms with Gasteiger partial charge in [0.1, 0.15) is 0 Å². The van der Waals surface area contributed by atoms with Gasteiger partial charge in [-0.05, 0) is 42.5 Å². The number of halogens is 1. The molecule has 0 aliphatic heterocycles. The summed E-state index contributed by atoms with van der Waals surface area (Å²) in [6.45, 7) is 0. The van der Waals surface area contributed by atoms with Gasteiger partial charge in [-0.15, -0.1) is 0 Å². The second-order valence-electron chi connectivity index (χ2n) is 3.45. The number of rotatable bonds is 0. The van der Waals surface area contributed by atoms with Crippen LogP contribution in [0.15, 0.2) is 48.5 Å². The van der Waals surface area contributed by atoms with Crippen LogP contribution in [0.4, 0.5) is 0 Å². The maximum atomic E-state index is 8.67. The third-order valence-corrected chi connectivity index (χ3v) is 2.42. The van der Waals surface area contributed by atoms with Gasteiger partial charge in [-0.3, -0.25) is 0 Å². The molecule has 0 aliphatic carbocycles. The smallest absolute Gasteiger partial charge is 0.0991 e. The minimum Gasteiger partial charge on any atom is -0.192 e. The summed E-state index contributed by atoms with van der Waals surface area (Å²) in [5.74, 6) is 6.04. The molecule has 0 N–H and O–H groups in total. The van der Waals surface area contributed by atoms with E-state index in [0.717, 1.165) is 11.1 Å². The fourth-order valence-corrected chi connectivity index (χ4v) is 1.53. The van der Waals surface area contributed by atoms with Crippen LogP contribution < -0.4 is 0 Å². The van der Waals surface area contributed by atoms with Gasteiger partial charge >= 0.3 is 0 Å². The van der Waals surface area contributed by atoms with Crippen LogP contribution in [-0.4, -0.2) is 0 Å². The van der Waals surface area contributed by atoms with E-state index in [2.05, 4.69) is 17.9 Å². The molecule has 80 valence electrons. The molecule has 0 unspecified atom stereocenters. The SMILES string of the molecule is N#Cc1ccc(C#Cc2cccc(Cl)c2)cc1. The van der Waals surface area contributed by atoms with Gasteiger partial charge in [-0.1, -0.05) is 29.5 Å². The minimum absolute atomic E-state index is 0.637. The third-order valence-electron chi connectivity index (χ3n) is 2.19. The van der Waals surface area contributed by atoms with Crippen molar-refractivity contribution >= 4 is 11.6 Å². The van der Waals surface area contributed by atoms with E-state index in [-0.39, 0.29) is 0 Å². The average molecular weight is 238 g/mol. The molecule has 0 aliphatic rings. The van der Waals surface area contributed by atoms with Crippen LogP contribution in [0.1, 0.15) is 16.7 Å². The zero-order valence-electron chi connectivity index (χ0n) is 8.94. The Morgan fingerprint density at radius 3 is 2.12 bits per heavy atom. The quantitative estimate of drug-likeness (QED) is 0.642. The standard InChI is InChI=1S/C15H8ClN/c16-15-3-1-2-13(10-15)7-4-12-5-8-14(11-17)9-6-12/h1-3,5-6,8-10H. The zero-order chi connectivity index (χ0) is 12.1. The van der Waals surface area contributed by atoms with Crippen molar-refractivity contribution in [3.05, 3.63) is 70.2 Å². The predicted octanol–water partition coefficient (Wildman–Crippen LogP) is 3.61. The van der Waals surface area contributed by atoms with Crippen molar-refractivity contribution in [2.75, 3.05) is 0 Å². The van der Waals surface area contributed by atoms with Crippen molar-refractivity contribution < 1.29 is 0 Å². The predicted molar refractivity (Wildman–Crippen MR) is 68.6 cm³/mol. The fourth-order valence-electron chi connectivity index (χ4n) is 1.34. The highest BCUT2D eigenvalue weighted by molar-refractivity contribution is 6.30.